The lowest BCUT2D eigenvalue weighted by atomic mass is 10.3. The smallest absolute Gasteiger partial charge is 0.221 e. The maximum atomic E-state index is 5.47. The van der Waals surface area contributed by atoms with Crippen LogP contribution in [0.4, 0.5) is 5.95 Å². The van der Waals surface area contributed by atoms with E-state index in [-0.39, 0.29) is 0 Å². The van der Waals surface area contributed by atoms with Crippen LogP contribution in [-0.2, 0) is 0 Å². The first-order chi connectivity index (χ1) is 6.22. The SMILES string of the molecule is CCCC#Cc1cc(C)nc(N)n1. The van der Waals surface area contributed by atoms with Crippen molar-refractivity contribution in [2.24, 2.45) is 0 Å². The van der Waals surface area contributed by atoms with Crippen molar-refractivity contribution in [2.45, 2.75) is 26.7 Å². The van der Waals surface area contributed by atoms with Crippen LogP contribution in [0.15, 0.2) is 6.07 Å². The van der Waals surface area contributed by atoms with Crippen LogP contribution >= 0.6 is 0 Å². The third kappa shape index (κ3) is 3.12. The van der Waals surface area contributed by atoms with Gasteiger partial charge in [0.1, 0.15) is 5.69 Å². The van der Waals surface area contributed by atoms with Gasteiger partial charge in [0, 0.05) is 12.1 Å². The van der Waals surface area contributed by atoms with Crippen LogP contribution < -0.4 is 5.73 Å². The quantitative estimate of drug-likeness (QED) is 0.658. The van der Waals surface area contributed by atoms with E-state index in [4.69, 9.17) is 5.73 Å². The molecule has 0 aliphatic rings. The molecule has 2 N–H and O–H groups in total. The molecule has 0 atom stereocenters. The Kier molecular flexibility index (Phi) is 3.27. The minimum Gasteiger partial charge on any atom is -0.368 e. The minimum atomic E-state index is 0.292. The summed E-state index contributed by atoms with van der Waals surface area (Å²) in [5.74, 6) is 6.25. The number of aromatic nitrogens is 2. The van der Waals surface area contributed by atoms with Crippen molar-refractivity contribution in [3.05, 3.63) is 17.5 Å². The van der Waals surface area contributed by atoms with Crippen molar-refractivity contribution in [3.8, 4) is 11.8 Å². The average molecular weight is 175 g/mol. The van der Waals surface area contributed by atoms with Gasteiger partial charge in [-0.1, -0.05) is 12.8 Å². The van der Waals surface area contributed by atoms with E-state index in [1.54, 1.807) is 0 Å². The third-order valence-corrected chi connectivity index (χ3v) is 1.46. The van der Waals surface area contributed by atoms with Gasteiger partial charge in [-0.25, -0.2) is 9.97 Å². The molecule has 68 valence electrons. The summed E-state index contributed by atoms with van der Waals surface area (Å²) in [5.41, 5.74) is 7.04. The molecule has 3 nitrogen and oxygen atoms in total. The largest absolute Gasteiger partial charge is 0.368 e. The standard InChI is InChI=1S/C10H13N3/c1-3-4-5-6-9-7-8(2)12-10(11)13-9/h7H,3-4H2,1-2H3,(H2,11,12,13). The number of anilines is 1. The summed E-state index contributed by atoms with van der Waals surface area (Å²) in [6.07, 6.45) is 1.95. The summed E-state index contributed by atoms with van der Waals surface area (Å²) in [6, 6.07) is 1.83. The molecule has 0 bridgehead atoms. The van der Waals surface area contributed by atoms with Gasteiger partial charge in [0.05, 0.1) is 0 Å². The molecule has 0 spiro atoms. The molecule has 1 heterocycles. The number of nitrogen functional groups attached to an aromatic ring is 1. The van der Waals surface area contributed by atoms with Crippen molar-refractivity contribution < 1.29 is 0 Å². The lowest BCUT2D eigenvalue weighted by molar-refractivity contribution is 0.982. The van der Waals surface area contributed by atoms with Crippen molar-refractivity contribution in [1.29, 1.82) is 0 Å². The second-order valence-electron chi connectivity index (χ2n) is 2.80. The fraction of sp³-hybridized carbons (Fsp3) is 0.400. The monoisotopic (exact) mass is 175 g/mol. The highest BCUT2D eigenvalue weighted by Crippen LogP contribution is 1.99. The van der Waals surface area contributed by atoms with Gasteiger partial charge < -0.3 is 5.73 Å². The maximum Gasteiger partial charge on any atom is 0.221 e. The second-order valence-corrected chi connectivity index (χ2v) is 2.80. The first-order valence-electron chi connectivity index (χ1n) is 4.32. The molecule has 1 rings (SSSR count). The molecule has 0 aliphatic heterocycles. The van der Waals surface area contributed by atoms with Crippen LogP contribution in [-0.4, -0.2) is 9.97 Å². The van der Waals surface area contributed by atoms with Gasteiger partial charge in [-0.15, -0.1) is 0 Å². The van der Waals surface area contributed by atoms with Crippen LogP contribution in [0.1, 0.15) is 31.2 Å². The van der Waals surface area contributed by atoms with Gasteiger partial charge in [0.25, 0.3) is 0 Å². The Morgan fingerprint density at radius 2 is 2.23 bits per heavy atom. The van der Waals surface area contributed by atoms with E-state index in [0.29, 0.717) is 11.6 Å². The number of hydrogen-bond donors (Lipinski definition) is 1. The summed E-state index contributed by atoms with van der Waals surface area (Å²) < 4.78 is 0. The Labute approximate surface area is 78.4 Å². The highest BCUT2D eigenvalue weighted by molar-refractivity contribution is 5.33. The van der Waals surface area contributed by atoms with Crippen LogP contribution in [0.3, 0.4) is 0 Å². The van der Waals surface area contributed by atoms with E-state index in [9.17, 15) is 0 Å². The van der Waals surface area contributed by atoms with E-state index in [2.05, 4.69) is 28.7 Å². The van der Waals surface area contributed by atoms with Crippen LogP contribution in [0.5, 0.6) is 0 Å². The second kappa shape index (κ2) is 4.46. The van der Waals surface area contributed by atoms with Gasteiger partial charge >= 0.3 is 0 Å². The summed E-state index contributed by atoms with van der Waals surface area (Å²) in [6.45, 7) is 3.97. The summed E-state index contributed by atoms with van der Waals surface area (Å²) >= 11 is 0. The van der Waals surface area contributed by atoms with Gasteiger partial charge in [-0.05, 0) is 25.3 Å². The molecule has 0 radical (unpaired) electrons. The molecule has 0 saturated carbocycles. The Bertz CT molecular complexity index is 327. The number of nitrogens with zero attached hydrogens (tertiary/aromatic N) is 2. The predicted octanol–water partition coefficient (Wildman–Crippen LogP) is 1.52. The molecule has 0 aliphatic carbocycles. The molecule has 0 unspecified atom stereocenters. The molecule has 1 aromatic heterocycles. The Balaban J connectivity index is 2.85. The highest BCUT2D eigenvalue weighted by atomic mass is 15.0. The van der Waals surface area contributed by atoms with Crippen molar-refractivity contribution >= 4 is 5.95 Å². The highest BCUT2D eigenvalue weighted by Gasteiger charge is 1.94. The van der Waals surface area contributed by atoms with E-state index in [1.165, 1.54) is 0 Å². The van der Waals surface area contributed by atoms with Crippen LogP contribution in [0.2, 0.25) is 0 Å². The Morgan fingerprint density at radius 1 is 1.46 bits per heavy atom. The van der Waals surface area contributed by atoms with Crippen LogP contribution in [0.25, 0.3) is 0 Å². The van der Waals surface area contributed by atoms with E-state index in [0.717, 1.165) is 18.5 Å². The van der Waals surface area contributed by atoms with E-state index >= 15 is 0 Å². The summed E-state index contributed by atoms with van der Waals surface area (Å²) in [4.78, 5) is 7.96. The van der Waals surface area contributed by atoms with E-state index in [1.807, 2.05) is 13.0 Å². The van der Waals surface area contributed by atoms with Crippen molar-refractivity contribution in [1.82, 2.24) is 9.97 Å². The number of unbranched alkanes of at least 4 members (excludes halogenated alkanes) is 1. The molecule has 0 amide bonds. The molecule has 0 saturated heterocycles. The zero-order valence-corrected chi connectivity index (χ0v) is 7.96. The molecule has 1 aromatic rings. The average Bonchev–Trinajstić information content (AvgIpc) is 2.03. The van der Waals surface area contributed by atoms with Crippen molar-refractivity contribution in [3.63, 3.8) is 0 Å². The van der Waals surface area contributed by atoms with Gasteiger partial charge in [0.2, 0.25) is 5.95 Å². The first-order valence-corrected chi connectivity index (χ1v) is 4.32. The first kappa shape index (κ1) is 9.53. The topological polar surface area (TPSA) is 51.8 Å². The predicted molar refractivity (Wildman–Crippen MR) is 53.0 cm³/mol. The van der Waals surface area contributed by atoms with Gasteiger partial charge in [0.15, 0.2) is 0 Å². The normalized spacial score (nSPS) is 9.08. The fourth-order valence-electron chi connectivity index (χ4n) is 0.934. The molecular weight excluding hydrogens is 162 g/mol. The maximum absolute atomic E-state index is 5.47. The zero-order valence-electron chi connectivity index (χ0n) is 7.96. The molecule has 0 fully saturated rings. The Hall–Kier alpha value is -1.56. The number of nitrogens with two attached hydrogens (primary N) is 1. The third-order valence-electron chi connectivity index (χ3n) is 1.46. The molecule has 3 heteroatoms. The van der Waals surface area contributed by atoms with Gasteiger partial charge in [-0.3, -0.25) is 0 Å². The van der Waals surface area contributed by atoms with Crippen molar-refractivity contribution in [2.75, 3.05) is 5.73 Å². The Morgan fingerprint density at radius 3 is 2.85 bits per heavy atom. The van der Waals surface area contributed by atoms with Gasteiger partial charge in [-0.2, -0.15) is 0 Å². The number of rotatable bonds is 1. The minimum absolute atomic E-state index is 0.292. The van der Waals surface area contributed by atoms with E-state index < -0.39 is 0 Å². The molecule has 0 aromatic carbocycles. The molecular formula is C10H13N3. The summed E-state index contributed by atoms with van der Waals surface area (Å²) in [5, 5.41) is 0. The fourth-order valence-corrected chi connectivity index (χ4v) is 0.934. The van der Waals surface area contributed by atoms with Crippen LogP contribution in [0, 0.1) is 18.8 Å². The molecule has 13 heavy (non-hydrogen) atoms. The summed E-state index contributed by atoms with van der Waals surface area (Å²) in [7, 11) is 0. The number of hydrogen-bond acceptors (Lipinski definition) is 3. The number of aryl methyl sites for hydroxylation is 1. The lowest BCUT2D eigenvalue weighted by Gasteiger charge is -1.95. The zero-order chi connectivity index (χ0) is 9.68. The lowest BCUT2D eigenvalue weighted by Crippen LogP contribution is -1.98.